The predicted molar refractivity (Wildman–Crippen MR) is 125 cm³/mol. The van der Waals surface area contributed by atoms with Crippen LogP contribution in [-0.4, -0.2) is 18.7 Å². The number of hydrogen-bond donors (Lipinski definition) is 1. The van der Waals surface area contributed by atoms with Gasteiger partial charge in [0.1, 0.15) is 6.61 Å². The van der Waals surface area contributed by atoms with E-state index in [1.165, 1.54) is 12.3 Å². The Bertz CT molecular complexity index is 1200. The van der Waals surface area contributed by atoms with Crippen molar-refractivity contribution in [2.75, 3.05) is 6.61 Å². The molecule has 0 bridgehead atoms. The smallest absolute Gasteiger partial charge is 0.416 e. The van der Waals surface area contributed by atoms with Gasteiger partial charge in [0.2, 0.25) is 0 Å². The van der Waals surface area contributed by atoms with Gasteiger partial charge in [-0.25, -0.2) is 5.43 Å². The number of amides is 1. The van der Waals surface area contributed by atoms with Gasteiger partial charge < -0.3 is 9.47 Å². The molecule has 34 heavy (non-hydrogen) atoms. The minimum Gasteiger partial charge on any atom is -0.490 e. The summed E-state index contributed by atoms with van der Waals surface area (Å²) in [6.45, 7) is 2.30. The van der Waals surface area contributed by atoms with Gasteiger partial charge in [-0.15, -0.1) is 0 Å². The van der Waals surface area contributed by atoms with E-state index in [2.05, 4.69) is 10.5 Å². The van der Waals surface area contributed by atoms with E-state index in [9.17, 15) is 18.0 Å². The molecule has 0 aliphatic heterocycles. The fourth-order valence-electron chi connectivity index (χ4n) is 2.90. The molecule has 5 nitrogen and oxygen atoms in total. The standard InChI is InChI=1S/C24H19Cl2F3N2O3/c1-2-33-21-11-15(10-20(26)22(21)34-14-17-6-3-4-9-19(17)25)13-30-31-23(32)16-7-5-8-18(12-16)24(27,28)29/h3-13H,2,14H2,1H3,(H,31,32)/b30-13-. The first-order valence-electron chi connectivity index (χ1n) is 10.0. The van der Waals surface area contributed by atoms with Gasteiger partial charge in [0.15, 0.2) is 11.5 Å². The lowest BCUT2D eigenvalue weighted by Crippen LogP contribution is -2.18. The van der Waals surface area contributed by atoms with Crippen molar-refractivity contribution in [1.82, 2.24) is 5.43 Å². The number of hydrogen-bond acceptors (Lipinski definition) is 4. The molecule has 0 aliphatic rings. The van der Waals surface area contributed by atoms with Crippen LogP contribution in [0.15, 0.2) is 65.8 Å². The van der Waals surface area contributed by atoms with E-state index in [4.69, 9.17) is 32.7 Å². The van der Waals surface area contributed by atoms with Gasteiger partial charge >= 0.3 is 6.18 Å². The highest BCUT2D eigenvalue weighted by Crippen LogP contribution is 2.37. The summed E-state index contributed by atoms with van der Waals surface area (Å²) < 4.78 is 50.0. The zero-order valence-electron chi connectivity index (χ0n) is 17.8. The van der Waals surface area contributed by atoms with Crippen molar-refractivity contribution >= 4 is 35.3 Å². The number of nitrogens with zero attached hydrogens (tertiary/aromatic N) is 1. The fraction of sp³-hybridized carbons (Fsp3) is 0.167. The molecule has 3 rings (SSSR count). The van der Waals surface area contributed by atoms with Crippen molar-refractivity contribution in [1.29, 1.82) is 0 Å². The lowest BCUT2D eigenvalue weighted by Gasteiger charge is -2.15. The van der Waals surface area contributed by atoms with Crippen LogP contribution in [0.5, 0.6) is 11.5 Å². The van der Waals surface area contributed by atoms with Crippen LogP contribution in [0, 0.1) is 0 Å². The maximum absolute atomic E-state index is 12.8. The molecule has 0 radical (unpaired) electrons. The minimum atomic E-state index is -4.55. The van der Waals surface area contributed by atoms with E-state index in [1.54, 1.807) is 25.1 Å². The second-order valence-electron chi connectivity index (χ2n) is 6.92. The highest BCUT2D eigenvalue weighted by Gasteiger charge is 2.30. The zero-order valence-corrected chi connectivity index (χ0v) is 19.3. The molecule has 10 heteroatoms. The maximum Gasteiger partial charge on any atom is 0.416 e. The Balaban J connectivity index is 1.73. The number of carbonyl (C=O) groups is 1. The Hall–Kier alpha value is -3.23. The van der Waals surface area contributed by atoms with E-state index in [0.717, 1.165) is 23.8 Å². The molecule has 3 aromatic carbocycles. The average Bonchev–Trinajstić information content (AvgIpc) is 2.79. The summed E-state index contributed by atoms with van der Waals surface area (Å²) >= 11 is 12.5. The molecule has 0 saturated heterocycles. The van der Waals surface area contributed by atoms with E-state index in [1.807, 2.05) is 18.2 Å². The largest absolute Gasteiger partial charge is 0.490 e. The zero-order chi connectivity index (χ0) is 24.7. The summed E-state index contributed by atoms with van der Waals surface area (Å²) in [5.74, 6) is -0.125. The fourth-order valence-corrected chi connectivity index (χ4v) is 3.36. The normalized spacial score (nSPS) is 11.5. The third kappa shape index (κ3) is 6.65. The maximum atomic E-state index is 12.8. The molecule has 0 unspecified atom stereocenters. The van der Waals surface area contributed by atoms with Gasteiger partial charge in [0, 0.05) is 16.1 Å². The van der Waals surface area contributed by atoms with Crippen LogP contribution in [0.3, 0.4) is 0 Å². The third-order valence-corrected chi connectivity index (χ3v) is 5.14. The van der Waals surface area contributed by atoms with Crippen LogP contribution in [0.25, 0.3) is 0 Å². The molecule has 0 heterocycles. The highest BCUT2D eigenvalue weighted by molar-refractivity contribution is 6.32. The summed E-state index contributed by atoms with van der Waals surface area (Å²) in [5, 5.41) is 4.60. The molecular formula is C24H19Cl2F3N2O3. The number of benzene rings is 3. The molecule has 0 aromatic heterocycles. The van der Waals surface area contributed by atoms with E-state index in [0.29, 0.717) is 28.7 Å². The Kier molecular flexibility index (Phi) is 8.41. The third-order valence-electron chi connectivity index (χ3n) is 4.49. The van der Waals surface area contributed by atoms with Gasteiger partial charge in [-0.1, -0.05) is 47.5 Å². The molecule has 0 aliphatic carbocycles. The average molecular weight is 511 g/mol. The lowest BCUT2D eigenvalue weighted by molar-refractivity contribution is -0.137. The van der Waals surface area contributed by atoms with Crippen LogP contribution in [0.1, 0.15) is 34.0 Å². The molecule has 1 N–H and O–H groups in total. The summed E-state index contributed by atoms with van der Waals surface area (Å²) in [4.78, 5) is 12.2. The Morgan fingerprint density at radius 1 is 1.03 bits per heavy atom. The molecule has 0 spiro atoms. The van der Waals surface area contributed by atoms with Gasteiger partial charge in [-0.3, -0.25) is 4.79 Å². The molecule has 0 atom stereocenters. The number of halogens is 5. The monoisotopic (exact) mass is 510 g/mol. The first kappa shape index (κ1) is 25.4. The number of rotatable bonds is 8. The van der Waals surface area contributed by atoms with Crippen LogP contribution in [0.4, 0.5) is 13.2 Å². The first-order chi connectivity index (χ1) is 16.2. The van der Waals surface area contributed by atoms with Crippen LogP contribution in [0.2, 0.25) is 10.0 Å². The van der Waals surface area contributed by atoms with Gasteiger partial charge in [-0.2, -0.15) is 18.3 Å². The van der Waals surface area contributed by atoms with E-state index >= 15 is 0 Å². The Morgan fingerprint density at radius 3 is 2.50 bits per heavy atom. The van der Waals surface area contributed by atoms with Gasteiger partial charge in [-0.05, 0) is 48.9 Å². The minimum absolute atomic E-state index is 0.167. The lowest BCUT2D eigenvalue weighted by atomic mass is 10.1. The first-order valence-corrected chi connectivity index (χ1v) is 10.8. The molecule has 1 amide bonds. The summed E-state index contributed by atoms with van der Waals surface area (Å²) in [6, 6.07) is 14.4. The van der Waals surface area contributed by atoms with Crippen molar-refractivity contribution in [2.45, 2.75) is 19.7 Å². The summed E-state index contributed by atoms with van der Waals surface area (Å²) in [6.07, 6.45) is -3.26. The SMILES string of the molecule is CCOc1cc(/C=N\NC(=O)c2cccc(C(F)(F)F)c2)cc(Cl)c1OCc1ccccc1Cl. The van der Waals surface area contributed by atoms with Crippen LogP contribution < -0.4 is 14.9 Å². The predicted octanol–water partition coefficient (Wildman–Crippen LogP) is 6.75. The van der Waals surface area contributed by atoms with Crippen molar-refractivity contribution in [3.63, 3.8) is 0 Å². The van der Waals surface area contributed by atoms with Gasteiger partial charge in [0.05, 0.1) is 23.4 Å². The van der Waals surface area contributed by atoms with Crippen molar-refractivity contribution in [3.8, 4) is 11.5 Å². The van der Waals surface area contributed by atoms with Crippen molar-refractivity contribution in [3.05, 3.63) is 93.0 Å². The Morgan fingerprint density at radius 2 is 1.79 bits per heavy atom. The van der Waals surface area contributed by atoms with Crippen molar-refractivity contribution in [2.24, 2.45) is 5.10 Å². The number of ether oxygens (including phenoxy) is 2. The van der Waals surface area contributed by atoms with E-state index < -0.39 is 17.6 Å². The molecule has 178 valence electrons. The van der Waals surface area contributed by atoms with Gasteiger partial charge in [0.25, 0.3) is 5.91 Å². The van der Waals surface area contributed by atoms with Crippen LogP contribution in [-0.2, 0) is 12.8 Å². The van der Waals surface area contributed by atoms with Crippen LogP contribution >= 0.6 is 23.2 Å². The molecule has 0 saturated carbocycles. The number of nitrogens with one attached hydrogen (secondary N) is 1. The quantitative estimate of drug-likeness (QED) is 0.269. The second-order valence-corrected chi connectivity index (χ2v) is 7.74. The number of carbonyl (C=O) groups excluding carboxylic acids is 1. The number of hydrazone groups is 1. The summed E-state index contributed by atoms with van der Waals surface area (Å²) in [5.41, 5.74) is 2.34. The summed E-state index contributed by atoms with van der Waals surface area (Å²) in [7, 11) is 0. The second kappa shape index (κ2) is 11.3. The topological polar surface area (TPSA) is 59.9 Å². The molecule has 0 fully saturated rings. The van der Waals surface area contributed by atoms with Crippen molar-refractivity contribution < 1.29 is 27.4 Å². The molecule has 3 aromatic rings. The Labute approximate surface area is 204 Å². The molecular weight excluding hydrogens is 492 g/mol. The number of alkyl halides is 3. The van der Waals surface area contributed by atoms with E-state index in [-0.39, 0.29) is 17.2 Å². The highest BCUT2D eigenvalue weighted by atomic mass is 35.5.